The number of nitrogens with one attached hydrogen (secondary N) is 1. The molecule has 2 aromatic rings. The first-order chi connectivity index (χ1) is 11.1. The van der Waals surface area contributed by atoms with Crippen molar-refractivity contribution >= 4 is 17.4 Å². The molecule has 1 N–H and O–H groups in total. The van der Waals surface area contributed by atoms with E-state index in [-0.39, 0.29) is 11.6 Å². The van der Waals surface area contributed by atoms with E-state index < -0.39 is 0 Å². The van der Waals surface area contributed by atoms with Crippen LogP contribution in [-0.4, -0.2) is 36.8 Å². The van der Waals surface area contributed by atoms with Crippen molar-refractivity contribution in [2.75, 3.05) is 30.9 Å². The number of hydrogen-bond acceptors (Lipinski definition) is 5. The lowest BCUT2D eigenvalue weighted by molar-refractivity contribution is 0.102. The SMILES string of the molecule is CCCCN(C)c1ccc(C(=O)Nc2ccc(OC)cc2)nn1. The lowest BCUT2D eigenvalue weighted by atomic mass is 10.3. The minimum Gasteiger partial charge on any atom is -0.497 e. The molecule has 23 heavy (non-hydrogen) atoms. The zero-order valence-corrected chi connectivity index (χ0v) is 13.7. The molecule has 2 rings (SSSR count). The number of hydrogen-bond donors (Lipinski definition) is 1. The Hall–Kier alpha value is -2.63. The zero-order chi connectivity index (χ0) is 16.7. The molecule has 6 nitrogen and oxygen atoms in total. The van der Waals surface area contributed by atoms with Gasteiger partial charge in [0.1, 0.15) is 5.75 Å². The molecule has 0 aliphatic rings. The quantitative estimate of drug-likeness (QED) is 0.851. The van der Waals surface area contributed by atoms with Crippen LogP contribution in [0.2, 0.25) is 0 Å². The fourth-order valence-corrected chi connectivity index (χ4v) is 2.03. The molecule has 0 unspecified atom stereocenters. The second kappa shape index (κ2) is 8.12. The van der Waals surface area contributed by atoms with E-state index >= 15 is 0 Å². The Balaban J connectivity index is 1.99. The van der Waals surface area contributed by atoms with E-state index in [0.29, 0.717) is 5.69 Å². The third-order valence-corrected chi connectivity index (χ3v) is 3.47. The minimum absolute atomic E-state index is 0.286. The average Bonchev–Trinajstić information content (AvgIpc) is 2.60. The number of nitrogens with zero attached hydrogens (tertiary/aromatic N) is 3. The second-order valence-corrected chi connectivity index (χ2v) is 5.23. The van der Waals surface area contributed by atoms with Gasteiger partial charge in [0.25, 0.3) is 5.91 Å². The van der Waals surface area contributed by atoms with Crippen molar-refractivity contribution in [3.63, 3.8) is 0 Å². The minimum atomic E-state index is -0.287. The molecule has 0 atom stereocenters. The van der Waals surface area contributed by atoms with E-state index in [4.69, 9.17) is 4.74 Å². The molecule has 1 aromatic heterocycles. The molecule has 122 valence electrons. The van der Waals surface area contributed by atoms with Gasteiger partial charge in [0.05, 0.1) is 7.11 Å². The average molecular weight is 314 g/mol. The van der Waals surface area contributed by atoms with E-state index in [1.165, 1.54) is 0 Å². The number of ether oxygens (including phenoxy) is 1. The van der Waals surface area contributed by atoms with Gasteiger partial charge in [-0.2, -0.15) is 0 Å². The first-order valence-electron chi connectivity index (χ1n) is 7.64. The number of aromatic nitrogens is 2. The molecule has 1 heterocycles. The van der Waals surface area contributed by atoms with Crippen LogP contribution in [0.1, 0.15) is 30.3 Å². The summed E-state index contributed by atoms with van der Waals surface area (Å²) in [5.74, 6) is 1.21. The summed E-state index contributed by atoms with van der Waals surface area (Å²) in [6, 6.07) is 10.6. The van der Waals surface area contributed by atoms with Crippen molar-refractivity contribution in [3.05, 3.63) is 42.1 Å². The van der Waals surface area contributed by atoms with Gasteiger partial charge in [-0.1, -0.05) is 13.3 Å². The highest BCUT2D eigenvalue weighted by molar-refractivity contribution is 6.02. The van der Waals surface area contributed by atoms with Crippen LogP contribution in [0.4, 0.5) is 11.5 Å². The molecule has 0 radical (unpaired) electrons. The van der Waals surface area contributed by atoms with Gasteiger partial charge in [-0.25, -0.2) is 0 Å². The molecule has 0 aliphatic heterocycles. The Labute approximate surface area is 136 Å². The largest absolute Gasteiger partial charge is 0.497 e. The van der Waals surface area contributed by atoms with Crippen molar-refractivity contribution in [3.8, 4) is 5.75 Å². The van der Waals surface area contributed by atoms with E-state index in [9.17, 15) is 4.79 Å². The molecule has 0 saturated carbocycles. The third-order valence-electron chi connectivity index (χ3n) is 3.47. The summed E-state index contributed by atoms with van der Waals surface area (Å²) < 4.78 is 5.08. The van der Waals surface area contributed by atoms with Crippen molar-refractivity contribution in [1.82, 2.24) is 10.2 Å². The summed E-state index contributed by atoms with van der Waals surface area (Å²) in [5.41, 5.74) is 0.968. The first kappa shape index (κ1) is 16.7. The summed E-state index contributed by atoms with van der Waals surface area (Å²) in [4.78, 5) is 14.2. The van der Waals surface area contributed by atoms with Crippen LogP contribution in [0, 0.1) is 0 Å². The smallest absolute Gasteiger partial charge is 0.276 e. The fourth-order valence-electron chi connectivity index (χ4n) is 2.03. The van der Waals surface area contributed by atoms with Gasteiger partial charge in [-0.05, 0) is 42.8 Å². The van der Waals surface area contributed by atoms with Gasteiger partial charge < -0.3 is 15.0 Å². The number of unbranched alkanes of at least 4 members (excludes halogenated alkanes) is 1. The molecule has 1 amide bonds. The van der Waals surface area contributed by atoms with Crippen LogP contribution in [0.15, 0.2) is 36.4 Å². The number of amides is 1. The number of rotatable bonds is 7. The fraction of sp³-hybridized carbons (Fsp3) is 0.353. The van der Waals surface area contributed by atoms with Gasteiger partial charge in [0.2, 0.25) is 0 Å². The third kappa shape index (κ3) is 4.67. The summed E-state index contributed by atoms with van der Waals surface area (Å²) in [6.45, 7) is 3.06. The highest BCUT2D eigenvalue weighted by atomic mass is 16.5. The number of benzene rings is 1. The Morgan fingerprint density at radius 3 is 2.48 bits per heavy atom. The topological polar surface area (TPSA) is 67.4 Å². The Kier molecular flexibility index (Phi) is 5.91. The molecule has 0 saturated heterocycles. The van der Waals surface area contributed by atoms with Gasteiger partial charge in [-0.15, -0.1) is 10.2 Å². The summed E-state index contributed by atoms with van der Waals surface area (Å²) in [5, 5.41) is 10.9. The van der Waals surface area contributed by atoms with E-state index in [1.54, 1.807) is 37.4 Å². The first-order valence-corrected chi connectivity index (χ1v) is 7.64. The maximum atomic E-state index is 12.2. The maximum Gasteiger partial charge on any atom is 0.276 e. The molecular weight excluding hydrogens is 292 g/mol. The van der Waals surface area contributed by atoms with Crippen LogP contribution in [0.3, 0.4) is 0 Å². The zero-order valence-electron chi connectivity index (χ0n) is 13.7. The lowest BCUT2D eigenvalue weighted by Gasteiger charge is -2.16. The molecule has 1 aromatic carbocycles. The summed E-state index contributed by atoms with van der Waals surface area (Å²) in [6.07, 6.45) is 2.22. The van der Waals surface area contributed by atoms with Crippen molar-refractivity contribution in [1.29, 1.82) is 0 Å². The molecule has 0 aliphatic carbocycles. The van der Waals surface area contributed by atoms with Crippen LogP contribution in [-0.2, 0) is 0 Å². The summed E-state index contributed by atoms with van der Waals surface area (Å²) in [7, 11) is 3.57. The molecular formula is C17H22N4O2. The number of carbonyl (C=O) groups excluding carboxylic acids is 1. The lowest BCUT2D eigenvalue weighted by Crippen LogP contribution is -2.21. The van der Waals surface area contributed by atoms with Crippen LogP contribution in [0.5, 0.6) is 5.75 Å². The predicted octanol–water partition coefficient (Wildman–Crippen LogP) is 2.97. The standard InChI is InChI=1S/C17H22N4O2/c1-4-5-12-21(2)16-11-10-15(19-20-16)17(22)18-13-6-8-14(23-3)9-7-13/h6-11H,4-5,12H2,1-3H3,(H,18,22). The van der Waals surface area contributed by atoms with Gasteiger partial charge in [0.15, 0.2) is 11.5 Å². The Morgan fingerprint density at radius 2 is 1.91 bits per heavy atom. The van der Waals surface area contributed by atoms with Gasteiger partial charge >= 0.3 is 0 Å². The van der Waals surface area contributed by atoms with Crippen molar-refractivity contribution in [2.24, 2.45) is 0 Å². The molecule has 0 fully saturated rings. The monoisotopic (exact) mass is 314 g/mol. The maximum absolute atomic E-state index is 12.2. The highest BCUT2D eigenvalue weighted by Crippen LogP contribution is 2.16. The Morgan fingerprint density at radius 1 is 1.17 bits per heavy atom. The Bertz CT molecular complexity index is 626. The van der Waals surface area contributed by atoms with Crippen molar-refractivity contribution in [2.45, 2.75) is 19.8 Å². The molecule has 0 spiro atoms. The highest BCUT2D eigenvalue weighted by Gasteiger charge is 2.10. The van der Waals surface area contributed by atoms with Gasteiger partial charge in [-0.3, -0.25) is 4.79 Å². The predicted molar refractivity (Wildman–Crippen MR) is 91.2 cm³/mol. The molecule has 6 heteroatoms. The van der Waals surface area contributed by atoms with Crippen molar-refractivity contribution < 1.29 is 9.53 Å². The van der Waals surface area contributed by atoms with E-state index in [0.717, 1.165) is 31.0 Å². The number of carbonyl (C=O) groups is 1. The van der Waals surface area contributed by atoms with Crippen LogP contribution < -0.4 is 15.0 Å². The molecule has 0 bridgehead atoms. The summed E-state index contributed by atoms with van der Waals surface area (Å²) >= 11 is 0. The normalized spacial score (nSPS) is 10.2. The van der Waals surface area contributed by atoms with Crippen LogP contribution in [0.25, 0.3) is 0 Å². The number of anilines is 2. The van der Waals surface area contributed by atoms with Crippen LogP contribution >= 0.6 is 0 Å². The van der Waals surface area contributed by atoms with E-state index in [2.05, 4.69) is 22.4 Å². The number of methoxy groups -OCH3 is 1. The van der Waals surface area contributed by atoms with E-state index in [1.807, 2.05) is 18.0 Å². The second-order valence-electron chi connectivity index (χ2n) is 5.23. The van der Waals surface area contributed by atoms with Gasteiger partial charge in [0, 0.05) is 19.3 Å².